The van der Waals surface area contributed by atoms with E-state index in [0.717, 1.165) is 18.5 Å². The minimum atomic E-state index is -4.58. The molecule has 0 aliphatic rings. The van der Waals surface area contributed by atoms with Crippen molar-refractivity contribution in [1.82, 2.24) is 15.0 Å². The maximum Gasteiger partial charge on any atom is 0.419 e. The van der Waals surface area contributed by atoms with Gasteiger partial charge in [-0.15, -0.1) is 0 Å². The van der Waals surface area contributed by atoms with Gasteiger partial charge >= 0.3 is 12.4 Å². The molecule has 0 bridgehead atoms. The molecule has 0 radical (unpaired) electrons. The Bertz CT molecular complexity index is 635. The second-order valence-corrected chi connectivity index (χ2v) is 4.18. The highest BCUT2D eigenvalue weighted by Gasteiger charge is 2.33. The van der Waals surface area contributed by atoms with Crippen LogP contribution in [0.1, 0.15) is 16.7 Å². The van der Waals surface area contributed by atoms with Gasteiger partial charge in [0.25, 0.3) is 0 Å². The Morgan fingerprint density at radius 3 is 2.09 bits per heavy atom. The fourth-order valence-corrected chi connectivity index (χ4v) is 1.58. The summed E-state index contributed by atoms with van der Waals surface area (Å²) in [7, 11) is 0. The number of nitrogens with zero attached hydrogens (tertiary/aromatic N) is 3. The number of halogens is 6. The third-order valence-corrected chi connectivity index (χ3v) is 2.63. The first-order valence-corrected chi connectivity index (χ1v) is 5.81. The monoisotopic (exact) mass is 322 g/mol. The fourth-order valence-electron chi connectivity index (χ4n) is 1.58. The molecule has 2 rings (SSSR count). The molecule has 1 N–H and O–H groups in total. The third kappa shape index (κ3) is 3.83. The molecule has 0 atom stereocenters. The maximum atomic E-state index is 12.7. The average molecular weight is 322 g/mol. The van der Waals surface area contributed by atoms with E-state index in [4.69, 9.17) is 0 Å². The molecule has 22 heavy (non-hydrogen) atoms. The Balaban J connectivity index is 2.11. The first-order valence-electron chi connectivity index (χ1n) is 5.81. The quantitative estimate of drug-likeness (QED) is 0.879. The maximum absolute atomic E-state index is 12.7. The molecular formula is C12H8F6N4. The Kier molecular flexibility index (Phi) is 4.20. The largest absolute Gasteiger partial charge is 0.419 e. The van der Waals surface area contributed by atoms with Gasteiger partial charge in [0.15, 0.2) is 0 Å². The number of rotatable bonds is 3. The summed E-state index contributed by atoms with van der Waals surface area (Å²) in [5.41, 5.74) is -2.10. The average Bonchev–Trinajstić information content (AvgIpc) is 2.44. The molecule has 0 aliphatic carbocycles. The molecule has 0 saturated carbocycles. The smallest absolute Gasteiger partial charge is 0.350 e. The lowest BCUT2D eigenvalue weighted by Crippen LogP contribution is -2.13. The standard InChI is InChI=1S/C12H8F6N4/c13-11(14,15)8-5-21-10(22-6-8)20-4-7-3-19-2-1-9(7)12(16,17)18/h1-3,5-6H,4H2,(H,20,21,22). The zero-order valence-corrected chi connectivity index (χ0v) is 10.7. The molecular weight excluding hydrogens is 314 g/mol. The van der Waals surface area contributed by atoms with Gasteiger partial charge < -0.3 is 5.32 Å². The molecule has 0 spiro atoms. The molecule has 0 unspecified atom stereocenters. The van der Waals surface area contributed by atoms with Gasteiger partial charge in [0.05, 0.1) is 11.1 Å². The number of anilines is 1. The van der Waals surface area contributed by atoms with E-state index in [0.29, 0.717) is 12.4 Å². The molecule has 0 amide bonds. The van der Waals surface area contributed by atoms with Crippen LogP contribution in [0.4, 0.5) is 32.3 Å². The van der Waals surface area contributed by atoms with Gasteiger partial charge in [0, 0.05) is 36.9 Å². The van der Waals surface area contributed by atoms with Gasteiger partial charge in [-0.1, -0.05) is 0 Å². The fraction of sp³-hybridized carbons (Fsp3) is 0.250. The van der Waals surface area contributed by atoms with Gasteiger partial charge in [-0.2, -0.15) is 26.3 Å². The van der Waals surface area contributed by atoms with Crippen molar-refractivity contribution in [1.29, 1.82) is 0 Å². The molecule has 0 aliphatic heterocycles. The van der Waals surface area contributed by atoms with Crippen LogP contribution < -0.4 is 5.32 Å². The number of alkyl halides is 6. The summed E-state index contributed by atoms with van der Waals surface area (Å²) in [6, 6.07) is 0.810. The molecule has 0 saturated heterocycles. The predicted octanol–water partition coefficient (Wildman–Crippen LogP) is 3.52. The first-order chi connectivity index (χ1) is 10.2. The SMILES string of the molecule is FC(F)(F)c1cnc(NCc2cnccc2C(F)(F)F)nc1. The Morgan fingerprint density at radius 2 is 1.55 bits per heavy atom. The van der Waals surface area contributed by atoms with E-state index >= 15 is 0 Å². The van der Waals surface area contributed by atoms with Crippen molar-refractivity contribution in [2.24, 2.45) is 0 Å². The highest BCUT2D eigenvalue weighted by atomic mass is 19.4. The van der Waals surface area contributed by atoms with Crippen LogP contribution in [-0.2, 0) is 18.9 Å². The van der Waals surface area contributed by atoms with E-state index in [-0.39, 0.29) is 18.1 Å². The topological polar surface area (TPSA) is 50.7 Å². The minimum Gasteiger partial charge on any atom is -0.350 e. The molecule has 0 fully saturated rings. The number of aromatic nitrogens is 3. The Morgan fingerprint density at radius 1 is 0.909 bits per heavy atom. The highest BCUT2D eigenvalue weighted by molar-refractivity contribution is 5.32. The summed E-state index contributed by atoms with van der Waals surface area (Å²) in [6.07, 6.45) is -6.03. The summed E-state index contributed by atoms with van der Waals surface area (Å²) in [6.45, 7) is -0.325. The molecule has 2 aromatic heterocycles. The summed E-state index contributed by atoms with van der Waals surface area (Å²) >= 11 is 0. The Labute approximate surface area is 120 Å². The lowest BCUT2D eigenvalue weighted by molar-refractivity contribution is -0.139. The van der Waals surface area contributed by atoms with Crippen molar-refractivity contribution < 1.29 is 26.3 Å². The molecule has 10 heteroatoms. The zero-order valence-electron chi connectivity index (χ0n) is 10.7. The van der Waals surface area contributed by atoms with Crippen LogP contribution in [0.25, 0.3) is 0 Å². The summed E-state index contributed by atoms with van der Waals surface area (Å²) in [4.78, 5) is 10.4. The van der Waals surface area contributed by atoms with Gasteiger partial charge in [0.2, 0.25) is 5.95 Å². The number of hydrogen-bond donors (Lipinski definition) is 1. The second-order valence-electron chi connectivity index (χ2n) is 4.18. The van der Waals surface area contributed by atoms with Crippen molar-refractivity contribution in [2.45, 2.75) is 18.9 Å². The predicted molar refractivity (Wildman–Crippen MR) is 63.6 cm³/mol. The van der Waals surface area contributed by atoms with Gasteiger partial charge in [-0.05, 0) is 6.07 Å². The van der Waals surface area contributed by atoms with Gasteiger partial charge in [-0.25, -0.2) is 9.97 Å². The van der Waals surface area contributed by atoms with Gasteiger partial charge in [0.1, 0.15) is 0 Å². The lowest BCUT2D eigenvalue weighted by atomic mass is 10.1. The van der Waals surface area contributed by atoms with Crippen LogP contribution in [0.15, 0.2) is 30.9 Å². The molecule has 0 aromatic carbocycles. The van der Waals surface area contributed by atoms with Crippen LogP contribution >= 0.6 is 0 Å². The lowest BCUT2D eigenvalue weighted by Gasteiger charge is -2.12. The number of hydrogen-bond acceptors (Lipinski definition) is 4. The van der Waals surface area contributed by atoms with Crippen molar-refractivity contribution in [2.75, 3.05) is 5.32 Å². The van der Waals surface area contributed by atoms with Crippen LogP contribution in [0, 0.1) is 0 Å². The van der Waals surface area contributed by atoms with Crippen LogP contribution in [-0.4, -0.2) is 15.0 Å². The molecule has 4 nitrogen and oxygen atoms in total. The zero-order chi connectivity index (χ0) is 16.4. The third-order valence-electron chi connectivity index (χ3n) is 2.63. The van der Waals surface area contributed by atoms with E-state index in [9.17, 15) is 26.3 Å². The van der Waals surface area contributed by atoms with E-state index in [1.807, 2.05) is 0 Å². The van der Waals surface area contributed by atoms with Crippen molar-refractivity contribution >= 4 is 5.95 Å². The van der Waals surface area contributed by atoms with E-state index in [1.54, 1.807) is 0 Å². The highest BCUT2D eigenvalue weighted by Crippen LogP contribution is 2.31. The Hall–Kier alpha value is -2.39. The van der Waals surface area contributed by atoms with Crippen molar-refractivity contribution in [3.8, 4) is 0 Å². The van der Waals surface area contributed by atoms with E-state index < -0.39 is 23.5 Å². The van der Waals surface area contributed by atoms with E-state index in [1.165, 1.54) is 0 Å². The molecule has 2 aromatic rings. The van der Waals surface area contributed by atoms with E-state index in [2.05, 4.69) is 20.3 Å². The number of nitrogens with one attached hydrogen (secondary N) is 1. The molecule has 118 valence electrons. The normalized spacial score (nSPS) is 12.3. The summed E-state index contributed by atoms with van der Waals surface area (Å²) < 4.78 is 75.2. The number of pyridine rings is 1. The first kappa shape index (κ1) is 16.0. The molecule has 2 heterocycles. The minimum absolute atomic E-state index is 0.168. The van der Waals surface area contributed by atoms with Crippen molar-refractivity contribution in [3.05, 3.63) is 47.5 Å². The summed E-state index contributed by atoms with van der Waals surface area (Å²) in [5.74, 6) is -0.218. The van der Waals surface area contributed by atoms with Crippen LogP contribution in [0.3, 0.4) is 0 Å². The van der Waals surface area contributed by atoms with Crippen molar-refractivity contribution in [3.63, 3.8) is 0 Å². The second kappa shape index (κ2) is 5.78. The van der Waals surface area contributed by atoms with Crippen LogP contribution in [0.2, 0.25) is 0 Å². The summed E-state index contributed by atoms with van der Waals surface area (Å²) in [5, 5.41) is 2.42. The van der Waals surface area contributed by atoms with Gasteiger partial charge in [-0.3, -0.25) is 4.98 Å². The van der Waals surface area contributed by atoms with Crippen LogP contribution in [0.5, 0.6) is 0 Å².